The summed E-state index contributed by atoms with van der Waals surface area (Å²) in [4.78, 5) is 13.9. The van der Waals surface area contributed by atoms with E-state index < -0.39 is 11.4 Å². The van der Waals surface area contributed by atoms with Crippen LogP contribution >= 0.6 is 0 Å². The minimum Gasteiger partial charge on any atom is -0.481 e. The average Bonchev–Trinajstić information content (AvgIpc) is 2.76. The Kier molecular flexibility index (Phi) is 2.29. The Morgan fingerprint density at radius 1 is 1.64 bits per heavy atom. The molecule has 1 aliphatic rings. The maximum Gasteiger partial charge on any atom is 0.310 e. The molecule has 4 nitrogen and oxygen atoms in total. The molecule has 14 heavy (non-hydrogen) atoms. The summed E-state index contributed by atoms with van der Waals surface area (Å²) in [5.41, 5.74) is 0.623. The average molecular weight is 194 g/mol. The van der Waals surface area contributed by atoms with E-state index in [1.54, 1.807) is 0 Å². The molecule has 1 aromatic rings. The van der Waals surface area contributed by atoms with Gasteiger partial charge in [-0.05, 0) is 25.0 Å². The highest BCUT2D eigenvalue weighted by atomic mass is 16.4. The van der Waals surface area contributed by atoms with Gasteiger partial charge in [0.15, 0.2) is 0 Å². The molecule has 0 saturated heterocycles. The van der Waals surface area contributed by atoms with Crippen LogP contribution in [0.5, 0.6) is 0 Å². The third-order valence-corrected chi connectivity index (χ3v) is 2.75. The summed E-state index contributed by atoms with van der Waals surface area (Å²) in [5.74, 6) is -0.670. The van der Waals surface area contributed by atoms with E-state index in [9.17, 15) is 4.79 Å². The van der Waals surface area contributed by atoms with Crippen LogP contribution in [0, 0.1) is 5.41 Å². The van der Waals surface area contributed by atoms with Crippen molar-refractivity contribution in [2.75, 3.05) is 6.54 Å². The first-order valence-corrected chi connectivity index (χ1v) is 4.79. The number of aromatic amines is 1. The smallest absolute Gasteiger partial charge is 0.310 e. The van der Waals surface area contributed by atoms with Crippen molar-refractivity contribution in [3.63, 3.8) is 0 Å². The molecular weight excluding hydrogens is 180 g/mol. The predicted octanol–water partition coefficient (Wildman–Crippen LogP) is 0.969. The lowest BCUT2D eigenvalue weighted by molar-refractivity contribution is -0.143. The van der Waals surface area contributed by atoms with E-state index in [0.717, 1.165) is 18.5 Å². The number of hydrogen-bond acceptors (Lipinski definition) is 2. The van der Waals surface area contributed by atoms with Crippen molar-refractivity contribution < 1.29 is 9.90 Å². The molecule has 4 heteroatoms. The first-order valence-electron chi connectivity index (χ1n) is 4.79. The van der Waals surface area contributed by atoms with Gasteiger partial charge in [-0.2, -0.15) is 0 Å². The SMILES string of the molecule is O=C(O)C1(CNCc2ccc[nH]2)CC1. The quantitative estimate of drug-likeness (QED) is 0.654. The normalized spacial score (nSPS) is 18.0. The fraction of sp³-hybridized carbons (Fsp3) is 0.500. The van der Waals surface area contributed by atoms with Gasteiger partial charge >= 0.3 is 5.97 Å². The van der Waals surface area contributed by atoms with Crippen molar-refractivity contribution in [2.45, 2.75) is 19.4 Å². The van der Waals surface area contributed by atoms with Crippen LogP contribution < -0.4 is 5.32 Å². The van der Waals surface area contributed by atoms with E-state index in [0.29, 0.717) is 13.1 Å². The van der Waals surface area contributed by atoms with E-state index >= 15 is 0 Å². The van der Waals surface area contributed by atoms with Crippen molar-refractivity contribution in [3.8, 4) is 0 Å². The summed E-state index contributed by atoms with van der Waals surface area (Å²) in [7, 11) is 0. The number of carboxylic acids is 1. The van der Waals surface area contributed by atoms with Gasteiger partial charge in [0.25, 0.3) is 0 Å². The first-order chi connectivity index (χ1) is 6.73. The lowest BCUT2D eigenvalue weighted by Gasteiger charge is -2.09. The van der Waals surface area contributed by atoms with Crippen LogP contribution in [0.3, 0.4) is 0 Å². The molecule has 1 heterocycles. The number of carbonyl (C=O) groups is 1. The molecule has 0 bridgehead atoms. The van der Waals surface area contributed by atoms with Crippen LogP contribution in [-0.4, -0.2) is 22.6 Å². The van der Waals surface area contributed by atoms with Crippen molar-refractivity contribution in [1.82, 2.24) is 10.3 Å². The molecule has 0 spiro atoms. The Bertz CT molecular complexity index is 315. The second-order valence-corrected chi connectivity index (χ2v) is 3.88. The van der Waals surface area contributed by atoms with Crippen molar-refractivity contribution in [2.24, 2.45) is 5.41 Å². The minimum atomic E-state index is -0.670. The van der Waals surface area contributed by atoms with Gasteiger partial charge in [-0.25, -0.2) is 0 Å². The number of rotatable bonds is 5. The van der Waals surface area contributed by atoms with Crippen molar-refractivity contribution in [3.05, 3.63) is 24.0 Å². The van der Waals surface area contributed by atoms with Crippen LogP contribution in [0.1, 0.15) is 18.5 Å². The molecule has 0 aliphatic heterocycles. The summed E-state index contributed by atoms with van der Waals surface area (Å²) in [6, 6.07) is 3.91. The second-order valence-electron chi connectivity index (χ2n) is 3.88. The largest absolute Gasteiger partial charge is 0.481 e. The minimum absolute atomic E-state index is 0.466. The summed E-state index contributed by atoms with van der Waals surface area (Å²) < 4.78 is 0. The van der Waals surface area contributed by atoms with Gasteiger partial charge < -0.3 is 15.4 Å². The molecular formula is C10H14N2O2. The Morgan fingerprint density at radius 2 is 2.43 bits per heavy atom. The van der Waals surface area contributed by atoms with Crippen LogP contribution in [-0.2, 0) is 11.3 Å². The van der Waals surface area contributed by atoms with Gasteiger partial charge in [0.05, 0.1) is 5.41 Å². The summed E-state index contributed by atoms with van der Waals surface area (Å²) >= 11 is 0. The second kappa shape index (κ2) is 3.46. The standard InChI is InChI=1S/C10H14N2O2/c13-9(14)10(3-4-10)7-11-6-8-2-1-5-12-8/h1-2,5,11-12H,3-4,6-7H2,(H,13,14). The van der Waals surface area contributed by atoms with Crippen LogP contribution in [0.4, 0.5) is 0 Å². The van der Waals surface area contributed by atoms with Gasteiger partial charge in [-0.3, -0.25) is 4.79 Å². The third-order valence-electron chi connectivity index (χ3n) is 2.75. The van der Waals surface area contributed by atoms with E-state index in [4.69, 9.17) is 5.11 Å². The molecule has 1 aliphatic carbocycles. The zero-order valence-corrected chi connectivity index (χ0v) is 7.92. The molecule has 1 saturated carbocycles. The van der Waals surface area contributed by atoms with E-state index in [1.807, 2.05) is 18.3 Å². The molecule has 2 rings (SSSR count). The fourth-order valence-electron chi connectivity index (χ4n) is 1.53. The van der Waals surface area contributed by atoms with Gasteiger partial charge in [0, 0.05) is 25.0 Å². The molecule has 0 aromatic carbocycles. The molecule has 76 valence electrons. The zero-order chi connectivity index (χ0) is 10.0. The van der Waals surface area contributed by atoms with Gasteiger partial charge in [-0.1, -0.05) is 0 Å². The summed E-state index contributed by atoms with van der Waals surface area (Å²) in [6.45, 7) is 1.28. The number of H-pyrrole nitrogens is 1. The van der Waals surface area contributed by atoms with Crippen molar-refractivity contribution >= 4 is 5.97 Å². The molecule has 1 aromatic heterocycles. The fourth-order valence-corrected chi connectivity index (χ4v) is 1.53. The number of aliphatic carboxylic acids is 1. The zero-order valence-electron chi connectivity index (χ0n) is 7.92. The number of carboxylic acid groups (broad SMARTS) is 1. The lowest BCUT2D eigenvalue weighted by Crippen LogP contribution is -2.29. The highest BCUT2D eigenvalue weighted by Gasteiger charge is 2.49. The Labute approximate surface area is 82.3 Å². The topological polar surface area (TPSA) is 65.1 Å². The highest BCUT2D eigenvalue weighted by Crippen LogP contribution is 2.45. The van der Waals surface area contributed by atoms with Gasteiger partial charge in [0.2, 0.25) is 0 Å². The summed E-state index contributed by atoms with van der Waals surface area (Å²) in [6.07, 6.45) is 3.47. The van der Waals surface area contributed by atoms with Crippen LogP contribution in [0.25, 0.3) is 0 Å². The third kappa shape index (κ3) is 1.80. The Balaban J connectivity index is 1.76. The molecule has 0 radical (unpaired) electrons. The van der Waals surface area contributed by atoms with Crippen LogP contribution in [0.2, 0.25) is 0 Å². The van der Waals surface area contributed by atoms with Gasteiger partial charge in [0.1, 0.15) is 0 Å². The molecule has 3 N–H and O–H groups in total. The Morgan fingerprint density at radius 3 is 2.93 bits per heavy atom. The lowest BCUT2D eigenvalue weighted by atomic mass is 10.1. The first kappa shape index (κ1) is 9.27. The van der Waals surface area contributed by atoms with Crippen molar-refractivity contribution in [1.29, 1.82) is 0 Å². The number of aromatic nitrogens is 1. The molecule has 0 amide bonds. The maximum absolute atomic E-state index is 10.8. The Hall–Kier alpha value is -1.29. The number of hydrogen-bond donors (Lipinski definition) is 3. The highest BCUT2D eigenvalue weighted by molar-refractivity contribution is 5.78. The summed E-state index contributed by atoms with van der Waals surface area (Å²) in [5, 5.41) is 12.1. The van der Waals surface area contributed by atoms with Crippen LogP contribution in [0.15, 0.2) is 18.3 Å². The predicted molar refractivity (Wildman–Crippen MR) is 51.8 cm³/mol. The molecule has 0 atom stereocenters. The maximum atomic E-state index is 10.8. The van der Waals surface area contributed by atoms with E-state index in [2.05, 4.69) is 10.3 Å². The van der Waals surface area contributed by atoms with Gasteiger partial charge in [-0.15, -0.1) is 0 Å². The monoisotopic (exact) mass is 194 g/mol. The molecule has 0 unspecified atom stereocenters. The number of nitrogens with one attached hydrogen (secondary N) is 2. The van der Waals surface area contributed by atoms with E-state index in [-0.39, 0.29) is 0 Å². The molecule has 1 fully saturated rings. The van der Waals surface area contributed by atoms with E-state index in [1.165, 1.54) is 0 Å².